The number of aromatic nitrogens is 1. The molecule has 1 saturated heterocycles. The minimum Gasteiger partial charge on any atom is -0.381 e. The molecule has 17 heavy (non-hydrogen) atoms. The van der Waals surface area contributed by atoms with Crippen LogP contribution in [0.2, 0.25) is 0 Å². The standard InChI is InChI=1S/C12H17N3O2/c13-9-12(3-7-17-8-4-12)11(16)15-10-1-5-14-6-2-10/h1-2,5-6H,3-4,7-9,13H2,(H,14,15,16). The summed E-state index contributed by atoms with van der Waals surface area (Å²) in [5.41, 5.74) is 6.03. The third kappa shape index (κ3) is 2.62. The number of nitrogens with one attached hydrogen (secondary N) is 1. The smallest absolute Gasteiger partial charge is 0.232 e. The molecular weight excluding hydrogens is 218 g/mol. The third-order valence-corrected chi connectivity index (χ3v) is 3.26. The van der Waals surface area contributed by atoms with Crippen LogP contribution in [-0.4, -0.2) is 30.6 Å². The molecule has 1 amide bonds. The molecule has 2 heterocycles. The van der Waals surface area contributed by atoms with Crippen LogP contribution < -0.4 is 11.1 Å². The molecule has 0 unspecified atom stereocenters. The third-order valence-electron chi connectivity index (χ3n) is 3.26. The Morgan fingerprint density at radius 3 is 2.65 bits per heavy atom. The lowest BCUT2D eigenvalue weighted by Gasteiger charge is -2.34. The first-order valence-corrected chi connectivity index (χ1v) is 5.76. The number of hydrogen-bond donors (Lipinski definition) is 2. The van der Waals surface area contributed by atoms with E-state index in [9.17, 15) is 4.79 Å². The summed E-state index contributed by atoms with van der Waals surface area (Å²) in [7, 11) is 0. The normalized spacial score (nSPS) is 18.6. The van der Waals surface area contributed by atoms with E-state index in [2.05, 4.69) is 10.3 Å². The van der Waals surface area contributed by atoms with E-state index in [0.717, 1.165) is 5.69 Å². The Morgan fingerprint density at radius 2 is 2.06 bits per heavy atom. The van der Waals surface area contributed by atoms with Gasteiger partial charge in [-0.15, -0.1) is 0 Å². The van der Waals surface area contributed by atoms with Gasteiger partial charge in [0.25, 0.3) is 0 Å². The molecule has 1 aliphatic rings. The van der Waals surface area contributed by atoms with Gasteiger partial charge in [0.2, 0.25) is 5.91 Å². The average Bonchev–Trinajstić information content (AvgIpc) is 2.40. The number of nitrogens with zero attached hydrogens (tertiary/aromatic N) is 1. The zero-order valence-electron chi connectivity index (χ0n) is 9.69. The average molecular weight is 235 g/mol. The fraction of sp³-hybridized carbons (Fsp3) is 0.500. The molecule has 0 spiro atoms. The zero-order chi connectivity index (χ0) is 12.1. The monoisotopic (exact) mass is 235 g/mol. The van der Waals surface area contributed by atoms with Gasteiger partial charge in [-0.1, -0.05) is 0 Å². The molecule has 1 aliphatic heterocycles. The van der Waals surface area contributed by atoms with Crippen LogP contribution in [0.5, 0.6) is 0 Å². The number of pyridine rings is 1. The number of carbonyl (C=O) groups is 1. The Morgan fingerprint density at radius 1 is 1.41 bits per heavy atom. The zero-order valence-corrected chi connectivity index (χ0v) is 9.69. The van der Waals surface area contributed by atoms with Crippen LogP contribution in [0.1, 0.15) is 12.8 Å². The summed E-state index contributed by atoms with van der Waals surface area (Å²) in [6.07, 6.45) is 4.66. The van der Waals surface area contributed by atoms with Gasteiger partial charge in [0.05, 0.1) is 5.41 Å². The molecule has 92 valence electrons. The van der Waals surface area contributed by atoms with Crippen molar-refractivity contribution in [3.63, 3.8) is 0 Å². The van der Waals surface area contributed by atoms with Crippen molar-refractivity contribution in [3.8, 4) is 0 Å². The molecule has 2 rings (SSSR count). The van der Waals surface area contributed by atoms with Gasteiger partial charge in [0, 0.05) is 37.8 Å². The first-order chi connectivity index (χ1) is 8.27. The summed E-state index contributed by atoms with van der Waals surface area (Å²) >= 11 is 0. The topological polar surface area (TPSA) is 77.2 Å². The van der Waals surface area contributed by atoms with Gasteiger partial charge in [0.15, 0.2) is 0 Å². The van der Waals surface area contributed by atoms with E-state index < -0.39 is 5.41 Å². The van der Waals surface area contributed by atoms with Crippen molar-refractivity contribution in [2.45, 2.75) is 12.8 Å². The van der Waals surface area contributed by atoms with Gasteiger partial charge in [-0.25, -0.2) is 0 Å². The second-order valence-electron chi connectivity index (χ2n) is 4.29. The van der Waals surface area contributed by atoms with E-state index in [4.69, 9.17) is 10.5 Å². The molecule has 0 aromatic carbocycles. The Kier molecular flexibility index (Phi) is 3.71. The minimum atomic E-state index is -0.485. The van der Waals surface area contributed by atoms with E-state index in [1.54, 1.807) is 24.5 Å². The predicted octanol–water partition coefficient (Wildman–Crippen LogP) is 0.776. The second kappa shape index (κ2) is 5.25. The van der Waals surface area contributed by atoms with Crippen LogP contribution in [0.3, 0.4) is 0 Å². The van der Waals surface area contributed by atoms with Crippen molar-refractivity contribution in [2.75, 3.05) is 25.1 Å². The van der Waals surface area contributed by atoms with Crippen LogP contribution >= 0.6 is 0 Å². The molecular formula is C12H17N3O2. The van der Waals surface area contributed by atoms with E-state index in [1.165, 1.54) is 0 Å². The Bertz CT molecular complexity index is 375. The van der Waals surface area contributed by atoms with E-state index in [1.807, 2.05) is 0 Å². The lowest BCUT2D eigenvalue weighted by molar-refractivity contribution is -0.130. The Balaban J connectivity index is 2.07. The van der Waals surface area contributed by atoms with Gasteiger partial charge < -0.3 is 15.8 Å². The number of amides is 1. The van der Waals surface area contributed by atoms with Gasteiger partial charge in [-0.3, -0.25) is 9.78 Å². The molecule has 1 aromatic heterocycles. The molecule has 0 saturated carbocycles. The van der Waals surface area contributed by atoms with Crippen molar-refractivity contribution >= 4 is 11.6 Å². The summed E-state index contributed by atoms with van der Waals surface area (Å²) < 4.78 is 5.28. The van der Waals surface area contributed by atoms with Crippen molar-refractivity contribution < 1.29 is 9.53 Å². The quantitative estimate of drug-likeness (QED) is 0.811. The highest BCUT2D eigenvalue weighted by atomic mass is 16.5. The van der Waals surface area contributed by atoms with E-state index in [0.29, 0.717) is 32.6 Å². The fourth-order valence-corrected chi connectivity index (χ4v) is 1.98. The number of carbonyl (C=O) groups excluding carboxylic acids is 1. The minimum absolute atomic E-state index is 0.0190. The lowest BCUT2D eigenvalue weighted by atomic mass is 9.79. The van der Waals surface area contributed by atoms with Crippen molar-refractivity contribution in [1.29, 1.82) is 0 Å². The van der Waals surface area contributed by atoms with Crippen LogP contribution in [0, 0.1) is 5.41 Å². The SMILES string of the molecule is NCC1(C(=O)Nc2ccncc2)CCOCC1. The number of hydrogen-bond acceptors (Lipinski definition) is 4. The van der Waals surface area contributed by atoms with Gasteiger partial charge in [-0.05, 0) is 25.0 Å². The largest absolute Gasteiger partial charge is 0.381 e. The summed E-state index contributed by atoms with van der Waals surface area (Å²) in [5.74, 6) is -0.0190. The van der Waals surface area contributed by atoms with Crippen LogP contribution in [-0.2, 0) is 9.53 Å². The number of rotatable bonds is 3. The molecule has 0 radical (unpaired) electrons. The molecule has 5 heteroatoms. The van der Waals surface area contributed by atoms with Crippen molar-refractivity contribution in [1.82, 2.24) is 4.98 Å². The Labute approximate surface area is 100 Å². The summed E-state index contributed by atoms with van der Waals surface area (Å²) in [5, 5.41) is 2.89. The molecule has 0 aliphatic carbocycles. The molecule has 1 fully saturated rings. The highest BCUT2D eigenvalue weighted by Crippen LogP contribution is 2.30. The number of anilines is 1. The molecule has 1 aromatic rings. The maximum atomic E-state index is 12.3. The van der Waals surface area contributed by atoms with Crippen LogP contribution in [0.15, 0.2) is 24.5 Å². The Hall–Kier alpha value is -1.46. The highest BCUT2D eigenvalue weighted by Gasteiger charge is 2.38. The highest BCUT2D eigenvalue weighted by molar-refractivity contribution is 5.95. The van der Waals surface area contributed by atoms with Crippen molar-refractivity contribution in [3.05, 3.63) is 24.5 Å². The van der Waals surface area contributed by atoms with Gasteiger partial charge >= 0.3 is 0 Å². The van der Waals surface area contributed by atoms with Gasteiger partial charge in [-0.2, -0.15) is 0 Å². The lowest BCUT2D eigenvalue weighted by Crippen LogP contribution is -2.46. The summed E-state index contributed by atoms with van der Waals surface area (Å²) in [6.45, 7) is 1.55. The first-order valence-electron chi connectivity index (χ1n) is 5.76. The van der Waals surface area contributed by atoms with Crippen molar-refractivity contribution in [2.24, 2.45) is 11.1 Å². The second-order valence-corrected chi connectivity index (χ2v) is 4.29. The maximum Gasteiger partial charge on any atom is 0.232 e. The molecule has 3 N–H and O–H groups in total. The number of nitrogens with two attached hydrogens (primary N) is 1. The molecule has 0 bridgehead atoms. The van der Waals surface area contributed by atoms with Gasteiger partial charge in [0.1, 0.15) is 0 Å². The fourth-order valence-electron chi connectivity index (χ4n) is 1.98. The van der Waals surface area contributed by atoms with E-state index in [-0.39, 0.29) is 5.91 Å². The summed E-state index contributed by atoms with van der Waals surface area (Å²) in [4.78, 5) is 16.2. The molecule has 5 nitrogen and oxygen atoms in total. The van der Waals surface area contributed by atoms with Crippen LogP contribution in [0.4, 0.5) is 5.69 Å². The van der Waals surface area contributed by atoms with E-state index >= 15 is 0 Å². The molecule has 0 atom stereocenters. The number of ether oxygens (including phenoxy) is 1. The predicted molar refractivity (Wildman–Crippen MR) is 64.4 cm³/mol. The summed E-state index contributed by atoms with van der Waals surface area (Å²) in [6, 6.07) is 3.53. The first kappa shape index (κ1) is 12.0. The van der Waals surface area contributed by atoms with Crippen LogP contribution in [0.25, 0.3) is 0 Å². The maximum absolute atomic E-state index is 12.3.